The van der Waals surface area contributed by atoms with Gasteiger partial charge in [-0.05, 0) is 51.0 Å². The predicted octanol–water partition coefficient (Wildman–Crippen LogP) is 4.44. The number of aryl methyl sites for hydroxylation is 3. The van der Waals surface area contributed by atoms with Crippen LogP contribution in [0.3, 0.4) is 0 Å². The van der Waals surface area contributed by atoms with E-state index in [1.165, 1.54) is 28.7 Å². The summed E-state index contributed by atoms with van der Waals surface area (Å²) in [5.74, 6) is -0.492. The fourth-order valence-electron chi connectivity index (χ4n) is 2.78. The third kappa shape index (κ3) is 6.53. The van der Waals surface area contributed by atoms with Crippen LogP contribution >= 0.6 is 23.1 Å². The number of thioether (sulfide) groups is 1. The van der Waals surface area contributed by atoms with Gasteiger partial charge in [0.05, 0.1) is 11.8 Å². The summed E-state index contributed by atoms with van der Waals surface area (Å²) in [7, 11) is 0. The molecule has 0 saturated carbocycles. The van der Waals surface area contributed by atoms with Crippen LogP contribution in [0, 0.1) is 20.8 Å². The average molecular weight is 456 g/mol. The largest absolute Gasteiger partial charge is 0.346 e. The Morgan fingerprint density at radius 2 is 1.71 bits per heavy atom. The van der Waals surface area contributed by atoms with Crippen molar-refractivity contribution < 1.29 is 9.59 Å². The molecule has 0 fully saturated rings. The third-order valence-corrected chi connectivity index (χ3v) is 6.55. The van der Waals surface area contributed by atoms with Crippen molar-refractivity contribution in [2.75, 3.05) is 17.2 Å². The highest BCUT2D eigenvalue weighted by Crippen LogP contribution is 2.30. The first-order valence-electron chi connectivity index (χ1n) is 9.79. The van der Waals surface area contributed by atoms with Gasteiger partial charge in [0.15, 0.2) is 4.34 Å². The molecule has 1 unspecified atom stereocenters. The summed E-state index contributed by atoms with van der Waals surface area (Å²) in [6, 6.07) is 13.8. The molecule has 0 aliphatic heterocycles. The lowest BCUT2D eigenvalue weighted by Gasteiger charge is -2.13. The number of nitrogens with zero attached hydrogens (tertiary/aromatic N) is 2. The van der Waals surface area contributed by atoms with Crippen LogP contribution in [-0.4, -0.2) is 33.8 Å². The third-order valence-electron chi connectivity index (χ3n) is 4.52. The van der Waals surface area contributed by atoms with Gasteiger partial charge in [-0.3, -0.25) is 9.59 Å². The van der Waals surface area contributed by atoms with Gasteiger partial charge < -0.3 is 16.0 Å². The summed E-state index contributed by atoms with van der Waals surface area (Å²) >= 11 is 2.68. The molecule has 31 heavy (non-hydrogen) atoms. The summed E-state index contributed by atoms with van der Waals surface area (Å²) in [5, 5.41) is 17.3. The van der Waals surface area contributed by atoms with Crippen LogP contribution in [0.2, 0.25) is 0 Å². The molecule has 0 bridgehead atoms. The molecule has 7 nitrogen and oxygen atoms in total. The summed E-state index contributed by atoms with van der Waals surface area (Å²) < 4.78 is 0.678. The molecule has 0 aliphatic carbocycles. The molecule has 2 amide bonds. The fourth-order valence-corrected chi connectivity index (χ4v) is 4.72. The first-order valence-corrected chi connectivity index (χ1v) is 11.5. The zero-order chi connectivity index (χ0) is 22.4. The maximum atomic E-state index is 12.4. The molecule has 2 aromatic carbocycles. The van der Waals surface area contributed by atoms with Crippen molar-refractivity contribution in [3.8, 4) is 0 Å². The van der Waals surface area contributed by atoms with Gasteiger partial charge in [0, 0.05) is 11.4 Å². The van der Waals surface area contributed by atoms with Crippen LogP contribution in [-0.2, 0) is 9.59 Å². The van der Waals surface area contributed by atoms with E-state index < -0.39 is 5.25 Å². The molecule has 0 spiro atoms. The second-order valence-corrected chi connectivity index (χ2v) is 9.72. The first kappa shape index (κ1) is 22.8. The average Bonchev–Trinajstić information content (AvgIpc) is 3.17. The predicted molar refractivity (Wildman–Crippen MR) is 127 cm³/mol. The van der Waals surface area contributed by atoms with E-state index in [1.54, 1.807) is 6.92 Å². The highest BCUT2D eigenvalue weighted by atomic mass is 32.2. The Morgan fingerprint density at radius 1 is 1.03 bits per heavy atom. The number of amides is 2. The van der Waals surface area contributed by atoms with E-state index in [2.05, 4.69) is 26.1 Å². The molecule has 0 saturated heterocycles. The number of nitrogens with one attached hydrogen (secondary N) is 3. The van der Waals surface area contributed by atoms with Gasteiger partial charge in [-0.1, -0.05) is 59.0 Å². The number of anilines is 3. The second-order valence-electron chi connectivity index (χ2n) is 7.16. The molecule has 3 rings (SSSR count). The Labute approximate surface area is 190 Å². The zero-order valence-electron chi connectivity index (χ0n) is 17.9. The van der Waals surface area contributed by atoms with Crippen molar-refractivity contribution in [3.05, 3.63) is 59.2 Å². The first-order chi connectivity index (χ1) is 14.8. The van der Waals surface area contributed by atoms with Gasteiger partial charge in [0.1, 0.15) is 0 Å². The van der Waals surface area contributed by atoms with Gasteiger partial charge in [0.25, 0.3) is 0 Å². The Bertz CT molecular complexity index is 1050. The number of carbonyl (C=O) groups excluding carboxylic acids is 2. The van der Waals surface area contributed by atoms with Gasteiger partial charge in [-0.25, -0.2) is 0 Å². The topological polar surface area (TPSA) is 96.0 Å². The number of benzene rings is 2. The molecule has 9 heteroatoms. The van der Waals surface area contributed by atoms with E-state index in [-0.39, 0.29) is 18.4 Å². The molecule has 1 heterocycles. The number of hydrogen-bond acceptors (Lipinski definition) is 7. The number of hydrogen-bond donors (Lipinski definition) is 3. The van der Waals surface area contributed by atoms with Crippen molar-refractivity contribution in [2.24, 2.45) is 0 Å². The van der Waals surface area contributed by atoms with E-state index in [9.17, 15) is 9.59 Å². The lowest BCUT2D eigenvalue weighted by molar-refractivity contribution is -0.123. The Morgan fingerprint density at radius 3 is 2.39 bits per heavy atom. The quantitative estimate of drug-likeness (QED) is 0.435. The van der Waals surface area contributed by atoms with Gasteiger partial charge in [-0.15, -0.1) is 10.2 Å². The van der Waals surface area contributed by atoms with Gasteiger partial charge in [0.2, 0.25) is 16.9 Å². The highest BCUT2D eigenvalue weighted by Gasteiger charge is 2.18. The van der Waals surface area contributed by atoms with Gasteiger partial charge >= 0.3 is 0 Å². The van der Waals surface area contributed by atoms with Crippen LogP contribution in [0.25, 0.3) is 0 Å². The summed E-state index contributed by atoms with van der Waals surface area (Å²) in [6.45, 7) is 7.59. The summed E-state index contributed by atoms with van der Waals surface area (Å²) in [6.07, 6.45) is 0. The van der Waals surface area contributed by atoms with Crippen LogP contribution in [0.1, 0.15) is 23.6 Å². The molecule has 3 N–H and O–H groups in total. The second kappa shape index (κ2) is 10.4. The van der Waals surface area contributed by atoms with E-state index in [4.69, 9.17) is 0 Å². The van der Waals surface area contributed by atoms with E-state index >= 15 is 0 Å². The minimum atomic E-state index is -0.409. The lowest BCUT2D eigenvalue weighted by Crippen LogP contribution is -2.37. The smallest absolute Gasteiger partial charge is 0.243 e. The standard InChI is InChI=1S/C22H25N5O2S2/c1-13-8-10-17(11-9-13)24-21-26-27-22(31-21)30-16(4)20(29)23-12-18(28)25-19-14(2)6-5-7-15(19)3/h5-11,16H,12H2,1-4H3,(H,23,29)(H,24,26)(H,25,28). The minimum Gasteiger partial charge on any atom is -0.346 e. The zero-order valence-corrected chi connectivity index (χ0v) is 19.5. The Hall–Kier alpha value is -2.91. The van der Waals surface area contributed by atoms with E-state index in [0.717, 1.165) is 22.5 Å². The number of para-hydroxylation sites is 1. The Balaban J connectivity index is 1.47. The molecular weight excluding hydrogens is 430 g/mol. The maximum absolute atomic E-state index is 12.4. The van der Waals surface area contributed by atoms with Crippen molar-refractivity contribution in [1.29, 1.82) is 0 Å². The maximum Gasteiger partial charge on any atom is 0.243 e. The van der Waals surface area contributed by atoms with Crippen molar-refractivity contribution in [2.45, 2.75) is 37.3 Å². The fraction of sp³-hybridized carbons (Fsp3) is 0.273. The SMILES string of the molecule is Cc1ccc(Nc2nnc(SC(C)C(=O)NCC(=O)Nc3c(C)cccc3C)s2)cc1. The minimum absolute atomic E-state index is 0.0894. The molecule has 3 aromatic rings. The van der Waals surface area contributed by atoms with E-state index in [1.807, 2.05) is 63.2 Å². The molecular formula is C22H25N5O2S2. The van der Waals surface area contributed by atoms with Crippen LogP contribution in [0.15, 0.2) is 46.8 Å². The van der Waals surface area contributed by atoms with Crippen molar-refractivity contribution >= 4 is 51.4 Å². The van der Waals surface area contributed by atoms with Crippen LogP contribution in [0.4, 0.5) is 16.5 Å². The highest BCUT2D eigenvalue weighted by molar-refractivity contribution is 8.02. The molecule has 1 atom stereocenters. The molecule has 1 aromatic heterocycles. The molecule has 0 aliphatic rings. The lowest BCUT2D eigenvalue weighted by atomic mass is 10.1. The number of rotatable bonds is 8. The van der Waals surface area contributed by atoms with Crippen molar-refractivity contribution in [1.82, 2.24) is 15.5 Å². The molecule has 0 radical (unpaired) electrons. The summed E-state index contributed by atoms with van der Waals surface area (Å²) in [5.41, 5.74) is 4.86. The van der Waals surface area contributed by atoms with Crippen molar-refractivity contribution in [3.63, 3.8) is 0 Å². The number of carbonyl (C=O) groups is 2. The van der Waals surface area contributed by atoms with E-state index in [0.29, 0.717) is 9.47 Å². The monoisotopic (exact) mass is 455 g/mol. The molecule has 162 valence electrons. The number of aromatic nitrogens is 2. The van der Waals surface area contributed by atoms with Crippen LogP contribution in [0.5, 0.6) is 0 Å². The normalized spacial score (nSPS) is 11.6. The van der Waals surface area contributed by atoms with Crippen LogP contribution < -0.4 is 16.0 Å². The summed E-state index contributed by atoms with van der Waals surface area (Å²) in [4.78, 5) is 24.6. The Kier molecular flexibility index (Phi) is 7.64. The van der Waals surface area contributed by atoms with Gasteiger partial charge in [-0.2, -0.15) is 0 Å².